The summed E-state index contributed by atoms with van der Waals surface area (Å²) in [5, 5.41) is 3.13. The maximum absolute atomic E-state index is 12.4. The number of nitrogens with zero attached hydrogens (tertiary/aromatic N) is 2. The van der Waals surface area contributed by atoms with Crippen LogP contribution in [0, 0.1) is 5.92 Å². The Labute approximate surface area is 157 Å². The van der Waals surface area contributed by atoms with Gasteiger partial charge in [0, 0.05) is 50.5 Å². The fourth-order valence-electron chi connectivity index (χ4n) is 4.66. The van der Waals surface area contributed by atoms with Crippen molar-refractivity contribution in [1.29, 1.82) is 0 Å². The SMILES string of the molecule is CC(C)S(=O)(=O)c1cccc(N2CCC(CN3C4CNCC3C4)CC2)c1. The topological polar surface area (TPSA) is 52.7 Å². The summed E-state index contributed by atoms with van der Waals surface area (Å²) in [5.41, 5.74) is 1.05. The third-order valence-electron chi connectivity index (χ3n) is 6.46. The van der Waals surface area contributed by atoms with E-state index < -0.39 is 9.84 Å². The minimum absolute atomic E-state index is 0.381. The van der Waals surface area contributed by atoms with Crippen LogP contribution in [0.4, 0.5) is 5.69 Å². The highest BCUT2D eigenvalue weighted by molar-refractivity contribution is 7.92. The summed E-state index contributed by atoms with van der Waals surface area (Å²) in [6.45, 7) is 9.10. The van der Waals surface area contributed by atoms with E-state index in [0.717, 1.165) is 49.9 Å². The average molecular weight is 378 g/mol. The molecule has 2 unspecified atom stereocenters. The van der Waals surface area contributed by atoms with E-state index in [-0.39, 0.29) is 5.25 Å². The number of anilines is 1. The van der Waals surface area contributed by atoms with E-state index in [1.54, 1.807) is 19.9 Å². The molecule has 0 saturated carbocycles. The molecule has 1 aromatic carbocycles. The van der Waals surface area contributed by atoms with Crippen LogP contribution in [0.1, 0.15) is 33.1 Å². The summed E-state index contributed by atoms with van der Waals surface area (Å²) in [6.07, 6.45) is 3.78. The molecule has 26 heavy (non-hydrogen) atoms. The highest BCUT2D eigenvalue weighted by Crippen LogP contribution is 2.32. The fourth-order valence-corrected chi connectivity index (χ4v) is 5.76. The summed E-state index contributed by atoms with van der Waals surface area (Å²) in [6, 6.07) is 9.05. The molecule has 1 N–H and O–H groups in total. The number of hydrogen-bond acceptors (Lipinski definition) is 5. The minimum Gasteiger partial charge on any atom is -0.371 e. The van der Waals surface area contributed by atoms with Gasteiger partial charge in [-0.05, 0) is 57.2 Å². The molecule has 0 amide bonds. The lowest BCUT2D eigenvalue weighted by Gasteiger charge is -2.54. The van der Waals surface area contributed by atoms with Crippen LogP contribution in [0.3, 0.4) is 0 Å². The van der Waals surface area contributed by atoms with Crippen molar-refractivity contribution in [3.8, 4) is 0 Å². The number of sulfone groups is 1. The van der Waals surface area contributed by atoms with Gasteiger partial charge in [-0.1, -0.05) is 6.07 Å². The average Bonchev–Trinajstić information content (AvgIpc) is 2.67. The van der Waals surface area contributed by atoms with Crippen molar-refractivity contribution in [2.24, 2.45) is 5.92 Å². The molecule has 0 spiro atoms. The van der Waals surface area contributed by atoms with Crippen LogP contribution in [-0.4, -0.2) is 63.4 Å². The molecule has 3 aliphatic heterocycles. The number of fused-ring (bicyclic) bond motifs is 2. The lowest BCUT2D eigenvalue weighted by molar-refractivity contribution is -0.0273. The first-order valence-corrected chi connectivity index (χ1v) is 11.5. The maximum Gasteiger partial charge on any atom is 0.180 e. The number of benzene rings is 1. The van der Waals surface area contributed by atoms with Crippen LogP contribution < -0.4 is 10.2 Å². The van der Waals surface area contributed by atoms with Crippen molar-refractivity contribution in [2.45, 2.75) is 55.3 Å². The molecule has 0 radical (unpaired) electrons. The second-order valence-electron chi connectivity index (χ2n) is 8.42. The van der Waals surface area contributed by atoms with E-state index in [9.17, 15) is 8.42 Å². The zero-order valence-corrected chi connectivity index (χ0v) is 16.7. The zero-order valence-electron chi connectivity index (χ0n) is 15.9. The molecular formula is C20H31N3O2S. The molecule has 0 aromatic heterocycles. The van der Waals surface area contributed by atoms with E-state index in [1.165, 1.54) is 25.8 Å². The number of piperazine rings is 1. The van der Waals surface area contributed by atoms with Gasteiger partial charge in [-0.2, -0.15) is 0 Å². The Bertz CT molecular complexity index is 727. The molecule has 1 aromatic rings. The number of nitrogens with one attached hydrogen (secondary N) is 1. The summed E-state index contributed by atoms with van der Waals surface area (Å²) >= 11 is 0. The highest BCUT2D eigenvalue weighted by atomic mass is 32.2. The second-order valence-corrected chi connectivity index (χ2v) is 10.9. The fraction of sp³-hybridized carbons (Fsp3) is 0.700. The van der Waals surface area contributed by atoms with Gasteiger partial charge in [0.05, 0.1) is 10.1 Å². The van der Waals surface area contributed by atoms with E-state index >= 15 is 0 Å². The van der Waals surface area contributed by atoms with Gasteiger partial charge in [-0.25, -0.2) is 8.42 Å². The maximum atomic E-state index is 12.4. The molecule has 3 saturated heterocycles. The molecule has 2 atom stereocenters. The molecular weight excluding hydrogens is 346 g/mol. The van der Waals surface area contributed by atoms with Gasteiger partial charge in [-0.3, -0.25) is 4.90 Å². The molecule has 3 heterocycles. The van der Waals surface area contributed by atoms with E-state index in [0.29, 0.717) is 4.90 Å². The third-order valence-corrected chi connectivity index (χ3v) is 8.61. The van der Waals surface area contributed by atoms with Crippen molar-refractivity contribution in [3.05, 3.63) is 24.3 Å². The Morgan fingerprint density at radius 3 is 2.46 bits per heavy atom. The second kappa shape index (κ2) is 7.13. The van der Waals surface area contributed by atoms with Crippen molar-refractivity contribution < 1.29 is 8.42 Å². The Morgan fingerprint density at radius 2 is 1.85 bits per heavy atom. The Kier molecular flexibility index (Phi) is 5.01. The normalized spacial score (nSPS) is 27.6. The molecule has 3 fully saturated rings. The van der Waals surface area contributed by atoms with Crippen molar-refractivity contribution in [3.63, 3.8) is 0 Å². The summed E-state index contributed by atoms with van der Waals surface area (Å²) in [4.78, 5) is 5.52. The molecule has 5 nitrogen and oxygen atoms in total. The summed E-state index contributed by atoms with van der Waals surface area (Å²) < 4.78 is 24.9. The number of hydrogen-bond donors (Lipinski definition) is 1. The van der Waals surface area contributed by atoms with Crippen LogP contribution in [-0.2, 0) is 9.84 Å². The quantitative estimate of drug-likeness (QED) is 0.852. The number of piperidine rings is 2. The van der Waals surface area contributed by atoms with Gasteiger partial charge in [0.15, 0.2) is 9.84 Å². The van der Waals surface area contributed by atoms with Gasteiger partial charge in [-0.15, -0.1) is 0 Å². The predicted molar refractivity (Wildman–Crippen MR) is 105 cm³/mol. The highest BCUT2D eigenvalue weighted by Gasteiger charge is 2.42. The van der Waals surface area contributed by atoms with Crippen molar-refractivity contribution >= 4 is 15.5 Å². The van der Waals surface area contributed by atoms with Gasteiger partial charge in [0.1, 0.15) is 0 Å². The number of rotatable bonds is 5. The summed E-state index contributed by atoms with van der Waals surface area (Å²) in [7, 11) is -3.21. The van der Waals surface area contributed by atoms with Gasteiger partial charge < -0.3 is 10.2 Å². The predicted octanol–water partition coefficient (Wildman–Crippen LogP) is 2.13. The summed E-state index contributed by atoms with van der Waals surface area (Å²) in [5.74, 6) is 0.775. The Balaban J connectivity index is 1.36. The Hall–Kier alpha value is -1.11. The standard InChI is InChI=1S/C20H31N3O2S/c1-15(2)26(24,25)20-5-3-4-17(11-20)22-8-6-16(7-9-22)14-23-18-10-19(23)13-21-12-18/h3-5,11,15-16,18-19,21H,6-10,12-14H2,1-2H3. The van der Waals surface area contributed by atoms with Crippen LogP contribution >= 0.6 is 0 Å². The largest absolute Gasteiger partial charge is 0.371 e. The van der Waals surface area contributed by atoms with Crippen LogP contribution in [0.15, 0.2) is 29.2 Å². The van der Waals surface area contributed by atoms with Crippen LogP contribution in [0.25, 0.3) is 0 Å². The molecule has 2 bridgehead atoms. The lowest BCUT2D eigenvalue weighted by atomic mass is 9.85. The third kappa shape index (κ3) is 3.39. The zero-order chi connectivity index (χ0) is 18.3. The molecule has 0 aliphatic carbocycles. The minimum atomic E-state index is -3.21. The van der Waals surface area contributed by atoms with Crippen molar-refractivity contribution in [2.75, 3.05) is 37.6 Å². The molecule has 4 rings (SSSR count). The smallest absolute Gasteiger partial charge is 0.180 e. The van der Waals surface area contributed by atoms with Crippen LogP contribution in [0.2, 0.25) is 0 Å². The first-order chi connectivity index (χ1) is 12.4. The first kappa shape index (κ1) is 18.3. The van der Waals surface area contributed by atoms with Crippen molar-refractivity contribution in [1.82, 2.24) is 10.2 Å². The first-order valence-electron chi connectivity index (χ1n) is 10.0. The lowest BCUT2D eigenvalue weighted by Crippen LogP contribution is -2.68. The molecule has 144 valence electrons. The van der Waals surface area contributed by atoms with Gasteiger partial charge in [0.2, 0.25) is 0 Å². The van der Waals surface area contributed by atoms with Gasteiger partial charge >= 0.3 is 0 Å². The van der Waals surface area contributed by atoms with E-state index in [1.807, 2.05) is 18.2 Å². The molecule has 6 heteroatoms. The van der Waals surface area contributed by atoms with E-state index in [4.69, 9.17) is 0 Å². The van der Waals surface area contributed by atoms with Gasteiger partial charge in [0.25, 0.3) is 0 Å². The monoisotopic (exact) mass is 377 g/mol. The van der Waals surface area contributed by atoms with E-state index in [2.05, 4.69) is 15.1 Å². The van der Waals surface area contributed by atoms with Crippen LogP contribution in [0.5, 0.6) is 0 Å². The Morgan fingerprint density at radius 1 is 1.15 bits per heavy atom. The molecule has 3 aliphatic rings.